The van der Waals surface area contributed by atoms with Crippen LogP contribution in [-0.4, -0.2) is 5.91 Å². The summed E-state index contributed by atoms with van der Waals surface area (Å²) in [5.41, 5.74) is 3.72. The first-order chi connectivity index (χ1) is 9.51. The fraction of sp³-hybridized carbons (Fsp3) is 0.188. The van der Waals surface area contributed by atoms with Crippen molar-refractivity contribution in [3.63, 3.8) is 0 Å². The Bertz CT molecular complexity index is 653. The molecule has 2 aromatic carbocycles. The van der Waals surface area contributed by atoms with E-state index >= 15 is 0 Å². The Morgan fingerprint density at radius 1 is 1.15 bits per heavy atom. The van der Waals surface area contributed by atoms with Crippen molar-refractivity contribution in [1.82, 2.24) is 0 Å². The first-order valence-corrected chi connectivity index (χ1v) is 7.95. The first-order valence-electron chi connectivity index (χ1n) is 6.37. The van der Waals surface area contributed by atoms with Crippen molar-refractivity contribution in [3.05, 3.63) is 62.0 Å². The van der Waals surface area contributed by atoms with Gasteiger partial charge in [-0.05, 0) is 70.7 Å². The number of carbonyl (C=O) groups is 1. The van der Waals surface area contributed by atoms with Gasteiger partial charge < -0.3 is 5.32 Å². The topological polar surface area (TPSA) is 29.1 Å². The normalized spacial score (nSPS) is 10.4. The Morgan fingerprint density at radius 2 is 1.90 bits per heavy atom. The molecule has 0 bridgehead atoms. The first kappa shape index (κ1) is 15.3. The smallest absolute Gasteiger partial charge is 0.256 e. The molecular formula is C16H15Br2NO. The largest absolute Gasteiger partial charge is 0.322 e. The zero-order valence-electron chi connectivity index (χ0n) is 11.3. The predicted molar refractivity (Wildman–Crippen MR) is 90.4 cm³/mol. The van der Waals surface area contributed by atoms with Crippen LogP contribution in [0.15, 0.2) is 45.3 Å². The van der Waals surface area contributed by atoms with Crippen LogP contribution >= 0.6 is 31.9 Å². The molecule has 104 valence electrons. The van der Waals surface area contributed by atoms with E-state index < -0.39 is 0 Å². The van der Waals surface area contributed by atoms with E-state index in [1.807, 2.05) is 43.3 Å². The molecule has 0 spiro atoms. The Labute approximate surface area is 135 Å². The minimum absolute atomic E-state index is 0.103. The van der Waals surface area contributed by atoms with Crippen LogP contribution in [0.3, 0.4) is 0 Å². The third-order valence-corrected chi connectivity index (χ3v) is 4.21. The van der Waals surface area contributed by atoms with E-state index in [9.17, 15) is 4.79 Å². The molecule has 2 rings (SSSR count). The number of hydrogen-bond acceptors (Lipinski definition) is 1. The van der Waals surface area contributed by atoms with Crippen LogP contribution in [0.1, 0.15) is 28.4 Å². The fourth-order valence-corrected chi connectivity index (χ4v) is 3.05. The second-order valence-electron chi connectivity index (χ2n) is 4.59. The highest BCUT2D eigenvalue weighted by atomic mass is 79.9. The Morgan fingerprint density at radius 3 is 2.55 bits per heavy atom. The summed E-state index contributed by atoms with van der Waals surface area (Å²) in [5, 5.41) is 2.98. The molecule has 0 aliphatic rings. The van der Waals surface area contributed by atoms with Gasteiger partial charge in [0.05, 0.1) is 5.56 Å². The molecule has 0 aliphatic heterocycles. The minimum Gasteiger partial charge on any atom is -0.322 e. The summed E-state index contributed by atoms with van der Waals surface area (Å²) >= 11 is 6.89. The number of anilines is 1. The second kappa shape index (κ2) is 6.55. The molecule has 0 atom stereocenters. The molecule has 0 aromatic heterocycles. The van der Waals surface area contributed by atoms with Crippen LogP contribution in [0.2, 0.25) is 0 Å². The van der Waals surface area contributed by atoms with Gasteiger partial charge in [0, 0.05) is 14.6 Å². The number of nitrogens with one attached hydrogen (secondary N) is 1. The molecule has 2 nitrogen and oxygen atoms in total. The quantitative estimate of drug-likeness (QED) is 0.745. The van der Waals surface area contributed by atoms with Crippen molar-refractivity contribution < 1.29 is 4.79 Å². The van der Waals surface area contributed by atoms with Gasteiger partial charge >= 0.3 is 0 Å². The zero-order chi connectivity index (χ0) is 14.7. The van der Waals surface area contributed by atoms with Crippen LogP contribution in [0.4, 0.5) is 5.69 Å². The number of halogens is 2. The summed E-state index contributed by atoms with van der Waals surface area (Å²) in [4.78, 5) is 12.3. The molecule has 0 saturated heterocycles. The van der Waals surface area contributed by atoms with E-state index in [4.69, 9.17) is 0 Å². The molecule has 0 heterocycles. The van der Waals surface area contributed by atoms with Crippen molar-refractivity contribution in [1.29, 1.82) is 0 Å². The summed E-state index contributed by atoms with van der Waals surface area (Å²) in [6, 6.07) is 11.6. The van der Waals surface area contributed by atoms with Gasteiger partial charge in [-0.1, -0.05) is 28.9 Å². The van der Waals surface area contributed by atoms with Crippen molar-refractivity contribution in [3.8, 4) is 0 Å². The number of rotatable bonds is 3. The average molecular weight is 397 g/mol. The molecule has 1 N–H and O–H groups in total. The van der Waals surface area contributed by atoms with E-state index in [0.717, 1.165) is 32.2 Å². The maximum absolute atomic E-state index is 12.3. The molecule has 2 aromatic rings. The third kappa shape index (κ3) is 3.49. The number of benzene rings is 2. The lowest BCUT2D eigenvalue weighted by Gasteiger charge is -2.11. The van der Waals surface area contributed by atoms with E-state index in [1.165, 1.54) is 0 Å². The van der Waals surface area contributed by atoms with Crippen LogP contribution in [0.5, 0.6) is 0 Å². The van der Waals surface area contributed by atoms with Gasteiger partial charge in [0.1, 0.15) is 0 Å². The fourth-order valence-electron chi connectivity index (χ4n) is 1.97. The lowest BCUT2D eigenvalue weighted by Crippen LogP contribution is -2.14. The van der Waals surface area contributed by atoms with Crippen LogP contribution in [0.25, 0.3) is 0 Å². The number of carbonyl (C=O) groups excluding carboxylic acids is 1. The lowest BCUT2D eigenvalue weighted by atomic mass is 10.1. The van der Waals surface area contributed by atoms with Gasteiger partial charge in [-0.3, -0.25) is 4.79 Å². The van der Waals surface area contributed by atoms with E-state index in [2.05, 4.69) is 44.1 Å². The monoisotopic (exact) mass is 395 g/mol. The van der Waals surface area contributed by atoms with Crippen LogP contribution in [-0.2, 0) is 6.42 Å². The van der Waals surface area contributed by atoms with Crippen molar-refractivity contribution in [2.24, 2.45) is 0 Å². The molecular weight excluding hydrogens is 382 g/mol. The maximum Gasteiger partial charge on any atom is 0.256 e. The Balaban J connectivity index is 2.28. The van der Waals surface area contributed by atoms with Crippen molar-refractivity contribution in [2.45, 2.75) is 20.3 Å². The van der Waals surface area contributed by atoms with Crippen LogP contribution in [0, 0.1) is 6.92 Å². The number of hydrogen-bond donors (Lipinski definition) is 1. The molecule has 0 unspecified atom stereocenters. The summed E-state index contributed by atoms with van der Waals surface area (Å²) < 4.78 is 1.83. The highest BCUT2D eigenvalue weighted by molar-refractivity contribution is 9.10. The Hall–Kier alpha value is -1.13. The molecule has 0 saturated carbocycles. The van der Waals surface area contributed by atoms with E-state index in [1.54, 1.807) is 0 Å². The van der Waals surface area contributed by atoms with Crippen LogP contribution < -0.4 is 5.32 Å². The summed E-state index contributed by atoms with van der Waals surface area (Å²) in [6.07, 6.45) is 0.865. The lowest BCUT2D eigenvalue weighted by molar-refractivity contribution is 0.102. The summed E-state index contributed by atoms with van der Waals surface area (Å²) in [7, 11) is 0. The number of aryl methyl sites for hydroxylation is 2. The standard InChI is InChI=1S/C16H15Br2NO/c1-3-11-9-12(17)5-7-15(11)19-16(20)13-6-4-10(2)8-14(13)18/h4-9H,3H2,1-2H3,(H,19,20). The van der Waals surface area contributed by atoms with Gasteiger partial charge in [0.25, 0.3) is 5.91 Å². The van der Waals surface area contributed by atoms with Gasteiger partial charge in [0.2, 0.25) is 0 Å². The third-order valence-electron chi connectivity index (χ3n) is 3.07. The molecule has 4 heteroatoms. The number of amides is 1. The van der Waals surface area contributed by atoms with Crippen molar-refractivity contribution >= 4 is 43.5 Å². The molecule has 20 heavy (non-hydrogen) atoms. The Kier molecular flexibility index (Phi) is 5.00. The summed E-state index contributed by atoms with van der Waals surface area (Å²) in [5.74, 6) is -0.103. The molecule has 1 amide bonds. The molecule has 0 fully saturated rings. The van der Waals surface area contributed by atoms with Gasteiger partial charge in [-0.15, -0.1) is 0 Å². The minimum atomic E-state index is -0.103. The SMILES string of the molecule is CCc1cc(Br)ccc1NC(=O)c1ccc(C)cc1Br. The molecule has 0 radical (unpaired) electrons. The van der Waals surface area contributed by atoms with E-state index in [-0.39, 0.29) is 5.91 Å². The highest BCUT2D eigenvalue weighted by Crippen LogP contribution is 2.24. The second-order valence-corrected chi connectivity index (χ2v) is 6.36. The maximum atomic E-state index is 12.3. The molecule has 0 aliphatic carbocycles. The zero-order valence-corrected chi connectivity index (χ0v) is 14.5. The summed E-state index contributed by atoms with van der Waals surface area (Å²) in [6.45, 7) is 4.07. The predicted octanol–water partition coefficient (Wildman–Crippen LogP) is 5.33. The van der Waals surface area contributed by atoms with Gasteiger partial charge in [0.15, 0.2) is 0 Å². The van der Waals surface area contributed by atoms with Crippen molar-refractivity contribution in [2.75, 3.05) is 5.32 Å². The van der Waals surface area contributed by atoms with E-state index in [0.29, 0.717) is 5.56 Å². The highest BCUT2D eigenvalue weighted by Gasteiger charge is 2.12. The van der Waals surface area contributed by atoms with Gasteiger partial charge in [-0.25, -0.2) is 0 Å². The van der Waals surface area contributed by atoms with Gasteiger partial charge in [-0.2, -0.15) is 0 Å². The average Bonchev–Trinajstić information content (AvgIpc) is 2.40.